The highest BCUT2D eigenvalue weighted by Crippen LogP contribution is 2.13. The van der Waals surface area contributed by atoms with E-state index in [2.05, 4.69) is 11.4 Å². The normalized spacial score (nSPS) is 10.7. The minimum absolute atomic E-state index is 0.580. The van der Waals surface area contributed by atoms with Crippen LogP contribution in [0.3, 0.4) is 0 Å². The summed E-state index contributed by atoms with van der Waals surface area (Å²) in [7, 11) is 0. The second-order valence-corrected chi connectivity index (χ2v) is 4.38. The largest absolute Gasteiger partial charge is 0.491 e. The van der Waals surface area contributed by atoms with Gasteiger partial charge in [-0.1, -0.05) is 12.1 Å². The van der Waals surface area contributed by atoms with Crippen molar-refractivity contribution >= 4 is 0 Å². The zero-order chi connectivity index (χ0) is 14.0. The van der Waals surface area contributed by atoms with Crippen molar-refractivity contribution in [2.75, 3.05) is 19.8 Å². The molecule has 108 valence electrons. The second kappa shape index (κ2) is 8.40. The highest BCUT2D eigenvalue weighted by Gasteiger charge is 1.99. The first-order valence-electron chi connectivity index (χ1n) is 6.91. The lowest BCUT2D eigenvalue weighted by Gasteiger charge is -2.08. The molecule has 1 aromatic heterocycles. The number of benzene rings is 1. The highest BCUT2D eigenvalue weighted by molar-refractivity contribution is 5.28. The number of hydrogen-bond acceptors (Lipinski definition) is 4. The molecule has 0 fully saturated rings. The fourth-order valence-corrected chi connectivity index (χ4v) is 1.85. The minimum Gasteiger partial charge on any atom is -0.491 e. The van der Waals surface area contributed by atoms with Gasteiger partial charge in [0.15, 0.2) is 0 Å². The van der Waals surface area contributed by atoms with Crippen molar-refractivity contribution in [3.05, 3.63) is 54.0 Å². The lowest BCUT2D eigenvalue weighted by Crippen LogP contribution is -2.12. The molecule has 0 aliphatic rings. The van der Waals surface area contributed by atoms with E-state index in [1.54, 1.807) is 6.26 Å². The van der Waals surface area contributed by atoms with Gasteiger partial charge in [0.05, 0.1) is 19.4 Å². The van der Waals surface area contributed by atoms with Gasteiger partial charge in [0.25, 0.3) is 0 Å². The quantitative estimate of drug-likeness (QED) is 0.714. The molecule has 0 aliphatic carbocycles. The molecular weight excluding hydrogens is 254 g/mol. The Hall–Kier alpha value is -1.78. The van der Waals surface area contributed by atoms with Gasteiger partial charge < -0.3 is 19.2 Å². The summed E-state index contributed by atoms with van der Waals surface area (Å²) in [5.74, 6) is 1.82. The van der Waals surface area contributed by atoms with E-state index in [9.17, 15) is 0 Å². The average Bonchev–Trinajstić information content (AvgIpc) is 2.97. The van der Waals surface area contributed by atoms with Crippen LogP contribution in [-0.2, 0) is 17.8 Å². The van der Waals surface area contributed by atoms with E-state index in [-0.39, 0.29) is 0 Å². The van der Waals surface area contributed by atoms with Gasteiger partial charge in [0, 0.05) is 13.2 Å². The maximum atomic E-state index is 5.63. The van der Waals surface area contributed by atoms with Crippen LogP contribution >= 0.6 is 0 Å². The number of furan rings is 1. The maximum Gasteiger partial charge on any atom is 0.119 e. The molecule has 0 bridgehead atoms. The summed E-state index contributed by atoms with van der Waals surface area (Å²) < 4.78 is 16.1. The number of rotatable bonds is 9. The van der Waals surface area contributed by atoms with Crippen LogP contribution in [0.2, 0.25) is 0 Å². The molecule has 0 unspecified atom stereocenters. The SMILES string of the molecule is CCOCCOc1cccc(CNCc2ccco2)c1. The van der Waals surface area contributed by atoms with Gasteiger partial charge in [-0.15, -0.1) is 0 Å². The molecule has 2 aromatic rings. The summed E-state index contributed by atoms with van der Waals surface area (Å²) in [6.45, 7) is 5.41. The Morgan fingerprint density at radius 1 is 1.10 bits per heavy atom. The topological polar surface area (TPSA) is 43.6 Å². The van der Waals surface area contributed by atoms with E-state index < -0.39 is 0 Å². The molecule has 0 atom stereocenters. The number of ether oxygens (including phenoxy) is 2. The summed E-state index contributed by atoms with van der Waals surface area (Å²) in [4.78, 5) is 0. The van der Waals surface area contributed by atoms with Crippen LogP contribution in [0.15, 0.2) is 47.1 Å². The summed E-state index contributed by atoms with van der Waals surface area (Å²) in [5, 5.41) is 3.33. The first-order valence-corrected chi connectivity index (χ1v) is 6.91. The molecule has 1 heterocycles. The van der Waals surface area contributed by atoms with E-state index in [1.165, 1.54) is 5.56 Å². The zero-order valence-electron chi connectivity index (χ0n) is 11.8. The second-order valence-electron chi connectivity index (χ2n) is 4.38. The molecule has 4 heteroatoms. The predicted molar refractivity (Wildman–Crippen MR) is 77.7 cm³/mol. The molecule has 0 radical (unpaired) electrons. The van der Waals surface area contributed by atoms with Crippen LogP contribution < -0.4 is 10.1 Å². The van der Waals surface area contributed by atoms with Gasteiger partial charge in [0.1, 0.15) is 18.1 Å². The molecule has 1 aromatic carbocycles. The predicted octanol–water partition coefficient (Wildman–Crippen LogP) is 2.98. The van der Waals surface area contributed by atoms with Crippen LogP contribution in [0.4, 0.5) is 0 Å². The van der Waals surface area contributed by atoms with E-state index >= 15 is 0 Å². The maximum absolute atomic E-state index is 5.63. The number of nitrogens with one attached hydrogen (secondary N) is 1. The van der Waals surface area contributed by atoms with Crippen molar-refractivity contribution in [3.63, 3.8) is 0 Å². The third-order valence-electron chi connectivity index (χ3n) is 2.81. The Balaban J connectivity index is 1.74. The van der Waals surface area contributed by atoms with Crippen molar-refractivity contribution < 1.29 is 13.9 Å². The molecular formula is C16H21NO3. The lowest BCUT2D eigenvalue weighted by atomic mass is 10.2. The van der Waals surface area contributed by atoms with Crippen LogP contribution in [0.25, 0.3) is 0 Å². The first kappa shape index (κ1) is 14.6. The zero-order valence-corrected chi connectivity index (χ0v) is 11.8. The molecule has 0 aliphatic heterocycles. The third kappa shape index (κ3) is 5.07. The standard InChI is InChI=1S/C16H21NO3/c1-2-18-9-10-20-15-6-3-5-14(11-15)12-17-13-16-7-4-8-19-16/h3-8,11,17H,2,9-10,12-13H2,1H3. The smallest absolute Gasteiger partial charge is 0.119 e. The number of hydrogen-bond donors (Lipinski definition) is 1. The van der Waals surface area contributed by atoms with Crippen molar-refractivity contribution in [2.45, 2.75) is 20.0 Å². The molecule has 0 saturated heterocycles. The van der Waals surface area contributed by atoms with Gasteiger partial charge in [0.2, 0.25) is 0 Å². The molecule has 1 N–H and O–H groups in total. The van der Waals surface area contributed by atoms with Crippen molar-refractivity contribution in [2.24, 2.45) is 0 Å². The van der Waals surface area contributed by atoms with Crippen LogP contribution in [0, 0.1) is 0 Å². The average molecular weight is 275 g/mol. The first-order chi connectivity index (χ1) is 9.88. The van der Waals surface area contributed by atoms with Crippen molar-refractivity contribution in [3.8, 4) is 5.75 Å². The molecule has 4 nitrogen and oxygen atoms in total. The van der Waals surface area contributed by atoms with Gasteiger partial charge in [-0.25, -0.2) is 0 Å². The Kier molecular flexibility index (Phi) is 6.14. The summed E-state index contributed by atoms with van der Waals surface area (Å²) in [6.07, 6.45) is 1.68. The lowest BCUT2D eigenvalue weighted by molar-refractivity contribution is 0.110. The fraction of sp³-hybridized carbons (Fsp3) is 0.375. The third-order valence-corrected chi connectivity index (χ3v) is 2.81. The van der Waals surface area contributed by atoms with Crippen molar-refractivity contribution in [1.82, 2.24) is 5.32 Å². The van der Waals surface area contributed by atoms with Crippen LogP contribution in [-0.4, -0.2) is 19.8 Å². The van der Waals surface area contributed by atoms with Gasteiger partial charge in [-0.3, -0.25) is 0 Å². The molecule has 0 amide bonds. The minimum atomic E-state index is 0.580. The van der Waals surface area contributed by atoms with Crippen LogP contribution in [0.5, 0.6) is 5.75 Å². The Bertz CT molecular complexity index is 482. The summed E-state index contributed by atoms with van der Waals surface area (Å²) in [6, 6.07) is 11.9. The van der Waals surface area contributed by atoms with Gasteiger partial charge in [-0.2, -0.15) is 0 Å². The summed E-state index contributed by atoms with van der Waals surface area (Å²) >= 11 is 0. The fourth-order valence-electron chi connectivity index (χ4n) is 1.85. The monoisotopic (exact) mass is 275 g/mol. The van der Waals surface area contributed by atoms with E-state index in [0.717, 1.165) is 31.2 Å². The van der Waals surface area contributed by atoms with E-state index in [0.29, 0.717) is 13.2 Å². The summed E-state index contributed by atoms with van der Waals surface area (Å²) in [5.41, 5.74) is 1.19. The molecule has 0 spiro atoms. The molecule has 2 rings (SSSR count). The molecule has 20 heavy (non-hydrogen) atoms. The Morgan fingerprint density at radius 3 is 2.85 bits per heavy atom. The van der Waals surface area contributed by atoms with Crippen molar-refractivity contribution in [1.29, 1.82) is 0 Å². The Morgan fingerprint density at radius 2 is 2.05 bits per heavy atom. The highest BCUT2D eigenvalue weighted by atomic mass is 16.5. The van der Waals surface area contributed by atoms with Crippen LogP contribution in [0.1, 0.15) is 18.2 Å². The van der Waals surface area contributed by atoms with Gasteiger partial charge in [-0.05, 0) is 36.8 Å². The Labute approximate surface area is 119 Å². The van der Waals surface area contributed by atoms with E-state index in [1.807, 2.05) is 37.3 Å². The van der Waals surface area contributed by atoms with E-state index in [4.69, 9.17) is 13.9 Å². The molecule has 0 saturated carbocycles. The van der Waals surface area contributed by atoms with Gasteiger partial charge >= 0.3 is 0 Å².